The van der Waals surface area contributed by atoms with Gasteiger partial charge in [0.1, 0.15) is 11.4 Å². The summed E-state index contributed by atoms with van der Waals surface area (Å²) in [4.78, 5) is 0. The van der Waals surface area contributed by atoms with Crippen molar-refractivity contribution >= 4 is 0 Å². The van der Waals surface area contributed by atoms with Crippen molar-refractivity contribution in [3.63, 3.8) is 0 Å². The summed E-state index contributed by atoms with van der Waals surface area (Å²) in [7, 11) is 1.61. The number of methoxy groups -OCH3 is 1. The second-order valence-corrected chi connectivity index (χ2v) is 3.58. The van der Waals surface area contributed by atoms with Crippen LogP contribution in [0, 0.1) is 0 Å². The van der Waals surface area contributed by atoms with E-state index in [2.05, 4.69) is 13.2 Å². The number of ether oxygens (including phenoxy) is 2. The van der Waals surface area contributed by atoms with Gasteiger partial charge in [0.25, 0.3) is 0 Å². The maximum absolute atomic E-state index is 9.52. The average molecular weight is 234 g/mol. The number of rotatable bonds is 7. The van der Waals surface area contributed by atoms with E-state index in [1.54, 1.807) is 19.3 Å². The van der Waals surface area contributed by atoms with E-state index in [0.717, 1.165) is 11.3 Å². The van der Waals surface area contributed by atoms with E-state index in [-0.39, 0.29) is 6.61 Å². The lowest BCUT2D eigenvalue weighted by atomic mass is 9.94. The topological polar surface area (TPSA) is 38.7 Å². The molecule has 3 heteroatoms. The molecule has 0 aliphatic heterocycles. The largest absolute Gasteiger partial charge is 0.497 e. The predicted octanol–water partition coefficient (Wildman–Crippen LogP) is 2.27. The molecule has 0 aromatic heterocycles. The highest BCUT2D eigenvalue weighted by atomic mass is 16.5. The van der Waals surface area contributed by atoms with E-state index < -0.39 is 5.60 Å². The molecule has 0 radical (unpaired) electrons. The van der Waals surface area contributed by atoms with Crippen LogP contribution in [0.5, 0.6) is 5.75 Å². The van der Waals surface area contributed by atoms with Gasteiger partial charge < -0.3 is 14.6 Å². The normalized spacial score (nSPS) is 13.8. The van der Waals surface area contributed by atoms with Gasteiger partial charge in [-0.25, -0.2) is 0 Å². The van der Waals surface area contributed by atoms with Crippen LogP contribution in [0.25, 0.3) is 0 Å². The first kappa shape index (κ1) is 13.5. The molecule has 1 aromatic rings. The minimum Gasteiger partial charge on any atom is -0.497 e. The van der Waals surface area contributed by atoms with Crippen LogP contribution >= 0.6 is 0 Å². The molecule has 1 atom stereocenters. The summed E-state index contributed by atoms with van der Waals surface area (Å²) in [6.07, 6.45) is 3.23. The summed E-state index contributed by atoms with van der Waals surface area (Å²) in [5.41, 5.74) is -0.0573. The standard InChI is InChI=1S/C14H18O3/c1-4-10-17-14(5-2,11-15)12-6-8-13(16-3)9-7-12/h4-9,15H,1-2,10-11H2,3H3/t14-/m1/s1. The smallest absolute Gasteiger partial charge is 0.134 e. The van der Waals surface area contributed by atoms with Crippen molar-refractivity contribution in [2.45, 2.75) is 5.60 Å². The van der Waals surface area contributed by atoms with E-state index in [4.69, 9.17) is 9.47 Å². The summed E-state index contributed by atoms with van der Waals surface area (Å²) < 4.78 is 10.7. The number of aliphatic hydroxyl groups excluding tert-OH is 1. The first-order chi connectivity index (χ1) is 8.22. The Kier molecular flexibility index (Phi) is 4.94. The molecule has 1 rings (SSSR count). The first-order valence-corrected chi connectivity index (χ1v) is 5.36. The molecule has 3 nitrogen and oxygen atoms in total. The van der Waals surface area contributed by atoms with Crippen molar-refractivity contribution in [3.05, 3.63) is 55.1 Å². The van der Waals surface area contributed by atoms with Crippen LogP contribution in [0.2, 0.25) is 0 Å². The van der Waals surface area contributed by atoms with Gasteiger partial charge in [-0.1, -0.05) is 30.9 Å². The van der Waals surface area contributed by atoms with Crippen LogP contribution in [0.1, 0.15) is 5.56 Å². The van der Waals surface area contributed by atoms with Crippen molar-refractivity contribution in [3.8, 4) is 5.75 Å². The van der Waals surface area contributed by atoms with Crippen LogP contribution in [-0.4, -0.2) is 25.4 Å². The van der Waals surface area contributed by atoms with Crippen molar-refractivity contribution in [2.24, 2.45) is 0 Å². The van der Waals surface area contributed by atoms with E-state index >= 15 is 0 Å². The minimum absolute atomic E-state index is 0.170. The zero-order valence-corrected chi connectivity index (χ0v) is 10.1. The Morgan fingerprint density at radius 2 is 1.94 bits per heavy atom. The zero-order valence-electron chi connectivity index (χ0n) is 10.1. The summed E-state index contributed by atoms with van der Waals surface area (Å²) in [6, 6.07) is 7.33. The third kappa shape index (κ3) is 2.96. The molecule has 17 heavy (non-hydrogen) atoms. The summed E-state index contributed by atoms with van der Waals surface area (Å²) in [5, 5.41) is 9.52. The first-order valence-electron chi connectivity index (χ1n) is 5.36. The molecule has 1 N–H and O–H groups in total. The van der Waals surface area contributed by atoms with Gasteiger partial charge in [0, 0.05) is 0 Å². The lowest BCUT2D eigenvalue weighted by Crippen LogP contribution is -2.31. The lowest BCUT2D eigenvalue weighted by molar-refractivity contribution is -0.0363. The second-order valence-electron chi connectivity index (χ2n) is 3.58. The van der Waals surface area contributed by atoms with Crippen molar-refractivity contribution in [2.75, 3.05) is 20.3 Å². The van der Waals surface area contributed by atoms with Gasteiger partial charge in [0.05, 0.1) is 20.3 Å². The van der Waals surface area contributed by atoms with Crippen LogP contribution in [0.4, 0.5) is 0 Å². The summed E-state index contributed by atoms with van der Waals surface area (Å²) in [5.74, 6) is 0.758. The number of benzene rings is 1. The Balaban J connectivity index is 3.02. The molecule has 0 saturated heterocycles. The summed E-state index contributed by atoms with van der Waals surface area (Å²) >= 11 is 0. The van der Waals surface area contributed by atoms with Crippen LogP contribution < -0.4 is 4.74 Å². The number of aliphatic hydroxyl groups is 1. The number of hydrogen-bond donors (Lipinski definition) is 1. The Labute approximate surface area is 102 Å². The molecule has 0 heterocycles. The van der Waals surface area contributed by atoms with E-state index in [9.17, 15) is 5.11 Å². The molecule has 0 fully saturated rings. The molecular formula is C14H18O3. The Morgan fingerprint density at radius 3 is 2.35 bits per heavy atom. The third-order valence-electron chi connectivity index (χ3n) is 2.60. The molecule has 0 aliphatic carbocycles. The van der Waals surface area contributed by atoms with E-state index in [0.29, 0.717) is 6.61 Å². The Hall–Kier alpha value is -1.58. The highest BCUT2D eigenvalue weighted by Crippen LogP contribution is 2.28. The van der Waals surface area contributed by atoms with Crippen molar-refractivity contribution in [1.29, 1.82) is 0 Å². The second kappa shape index (κ2) is 6.23. The quantitative estimate of drug-likeness (QED) is 0.735. The number of hydrogen-bond acceptors (Lipinski definition) is 3. The van der Waals surface area contributed by atoms with Crippen molar-refractivity contribution < 1.29 is 14.6 Å². The van der Waals surface area contributed by atoms with E-state index in [1.807, 2.05) is 24.3 Å². The lowest BCUT2D eigenvalue weighted by Gasteiger charge is -2.28. The van der Waals surface area contributed by atoms with Crippen molar-refractivity contribution in [1.82, 2.24) is 0 Å². The van der Waals surface area contributed by atoms with Gasteiger partial charge in [0.2, 0.25) is 0 Å². The maximum Gasteiger partial charge on any atom is 0.134 e. The van der Waals surface area contributed by atoms with Crippen LogP contribution in [0.15, 0.2) is 49.6 Å². The fourth-order valence-corrected chi connectivity index (χ4v) is 1.54. The maximum atomic E-state index is 9.52. The molecular weight excluding hydrogens is 216 g/mol. The fraction of sp³-hybridized carbons (Fsp3) is 0.286. The third-order valence-corrected chi connectivity index (χ3v) is 2.60. The molecule has 1 aromatic carbocycles. The predicted molar refractivity (Wildman–Crippen MR) is 68.1 cm³/mol. The van der Waals surface area contributed by atoms with Gasteiger partial charge in [-0.05, 0) is 17.7 Å². The Bertz CT molecular complexity index is 370. The average Bonchev–Trinajstić information content (AvgIpc) is 2.41. The fourth-order valence-electron chi connectivity index (χ4n) is 1.54. The van der Waals surface area contributed by atoms with Gasteiger partial charge in [-0.3, -0.25) is 0 Å². The molecule has 0 unspecified atom stereocenters. The summed E-state index contributed by atoms with van der Waals surface area (Å²) in [6.45, 7) is 7.49. The molecule has 0 saturated carbocycles. The molecule has 0 spiro atoms. The van der Waals surface area contributed by atoms with Crippen LogP contribution in [0.3, 0.4) is 0 Å². The molecule has 0 bridgehead atoms. The minimum atomic E-state index is -0.888. The van der Waals surface area contributed by atoms with E-state index in [1.165, 1.54) is 0 Å². The Morgan fingerprint density at radius 1 is 1.29 bits per heavy atom. The van der Waals surface area contributed by atoms with Gasteiger partial charge in [-0.2, -0.15) is 0 Å². The SMILES string of the molecule is C=CCO[C@](C=C)(CO)c1ccc(OC)cc1. The van der Waals surface area contributed by atoms with Crippen LogP contribution in [-0.2, 0) is 10.3 Å². The van der Waals surface area contributed by atoms with Gasteiger partial charge in [-0.15, -0.1) is 6.58 Å². The molecule has 0 aliphatic rings. The highest BCUT2D eigenvalue weighted by Gasteiger charge is 2.28. The highest BCUT2D eigenvalue weighted by molar-refractivity contribution is 5.33. The van der Waals surface area contributed by atoms with Gasteiger partial charge >= 0.3 is 0 Å². The zero-order chi connectivity index (χ0) is 12.7. The monoisotopic (exact) mass is 234 g/mol. The molecule has 92 valence electrons. The van der Waals surface area contributed by atoms with Gasteiger partial charge in [0.15, 0.2) is 0 Å². The molecule has 0 amide bonds.